The second kappa shape index (κ2) is 5.30. The van der Waals surface area contributed by atoms with Crippen molar-refractivity contribution in [3.05, 3.63) is 29.6 Å². The van der Waals surface area contributed by atoms with Gasteiger partial charge in [-0.25, -0.2) is 4.39 Å². The minimum atomic E-state index is -0.299. The van der Waals surface area contributed by atoms with Gasteiger partial charge in [-0.2, -0.15) is 0 Å². The van der Waals surface area contributed by atoms with Gasteiger partial charge in [-0.05, 0) is 37.6 Å². The van der Waals surface area contributed by atoms with E-state index >= 15 is 0 Å². The molecule has 0 atom stereocenters. The summed E-state index contributed by atoms with van der Waals surface area (Å²) in [5.41, 5.74) is 6.97. The quantitative estimate of drug-likeness (QED) is 0.780. The Balaban J connectivity index is 2.04. The van der Waals surface area contributed by atoms with Gasteiger partial charge in [0.15, 0.2) is 0 Å². The van der Waals surface area contributed by atoms with Gasteiger partial charge in [-0.1, -0.05) is 25.0 Å². The first-order valence-corrected chi connectivity index (χ1v) is 6.02. The Hall–Kier alpha value is -1.09. The standard InChI is InChI=1S/C13H19FN2/c14-12-7-5-6-11(13(12)15)10-16-8-3-1-2-4-9-16/h5-7H,1-4,8-10,15H2. The van der Waals surface area contributed by atoms with Crippen LogP contribution in [-0.4, -0.2) is 18.0 Å². The number of anilines is 1. The van der Waals surface area contributed by atoms with Crippen molar-refractivity contribution in [3.8, 4) is 0 Å². The molecule has 1 aliphatic rings. The highest BCUT2D eigenvalue weighted by Gasteiger charge is 2.12. The van der Waals surface area contributed by atoms with Gasteiger partial charge in [0, 0.05) is 6.54 Å². The number of para-hydroxylation sites is 1. The SMILES string of the molecule is Nc1c(F)cccc1CN1CCCCCC1. The zero-order chi connectivity index (χ0) is 11.4. The van der Waals surface area contributed by atoms with Crippen molar-refractivity contribution in [2.24, 2.45) is 0 Å². The van der Waals surface area contributed by atoms with Crippen molar-refractivity contribution in [2.45, 2.75) is 32.2 Å². The number of benzene rings is 1. The number of hydrogen-bond donors (Lipinski definition) is 1. The largest absolute Gasteiger partial charge is 0.396 e. The first kappa shape index (κ1) is 11.4. The summed E-state index contributed by atoms with van der Waals surface area (Å²) < 4.78 is 13.3. The van der Waals surface area contributed by atoms with Crippen LogP contribution in [0.3, 0.4) is 0 Å². The Bertz CT molecular complexity index is 344. The molecule has 1 saturated heterocycles. The summed E-state index contributed by atoms with van der Waals surface area (Å²) in [6.07, 6.45) is 5.12. The predicted molar refractivity (Wildman–Crippen MR) is 64.6 cm³/mol. The Labute approximate surface area is 96.2 Å². The molecule has 1 aromatic rings. The lowest BCUT2D eigenvalue weighted by atomic mass is 10.1. The molecule has 0 saturated carbocycles. The molecule has 2 rings (SSSR count). The van der Waals surface area contributed by atoms with Crippen molar-refractivity contribution < 1.29 is 4.39 Å². The normalized spacial score (nSPS) is 18.3. The molecule has 16 heavy (non-hydrogen) atoms. The van der Waals surface area contributed by atoms with Gasteiger partial charge >= 0.3 is 0 Å². The van der Waals surface area contributed by atoms with E-state index in [1.807, 2.05) is 6.07 Å². The van der Waals surface area contributed by atoms with E-state index in [0.29, 0.717) is 5.69 Å². The third-order valence-corrected chi connectivity index (χ3v) is 3.24. The summed E-state index contributed by atoms with van der Waals surface area (Å²) in [4.78, 5) is 2.37. The summed E-state index contributed by atoms with van der Waals surface area (Å²) in [7, 11) is 0. The van der Waals surface area contributed by atoms with Gasteiger partial charge < -0.3 is 5.73 Å². The number of likely N-dealkylation sites (tertiary alicyclic amines) is 1. The van der Waals surface area contributed by atoms with E-state index < -0.39 is 0 Å². The fraction of sp³-hybridized carbons (Fsp3) is 0.538. The first-order valence-electron chi connectivity index (χ1n) is 6.02. The molecule has 3 heteroatoms. The van der Waals surface area contributed by atoms with Crippen LogP contribution >= 0.6 is 0 Å². The van der Waals surface area contributed by atoms with Crippen LogP contribution in [0.25, 0.3) is 0 Å². The highest BCUT2D eigenvalue weighted by molar-refractivity contribution is 5.47. The van der Waals surface area contributed by atoms with Crippen LogP contribution < -0.4 is 5.73 Å². The van der Waals surface area contributed by atoms with Gasteiger partial charge in [0.1, 0.15) is 5.82 Å². The van der Waals surface area contributed by atoms with Gasteiger partial charge in [-0.15, -0.1) is 0 Å². The molecule has 1 aliphatic heterocycles. The molecule has 0 spiro atoms. The van der Waals surface area contributed by atoms with Crippen molar-refractivity contribution in [3.63, 3.8) is 0 Å². The molecule has 0 aliphatic carbocycles. The second-order valence-corrected chi connectivity index (χ2v) is 4.50. The van der Waals surface area contributed by atoms with Gasteiger partial charge in [0.05, 0.1) is 5.69 Å². The lowest BCUT2D eigenvalue weighted by Crippen LogP contribution is -2.24. The Morgan fingerprint density at radius 2 is 1.81 bits per heavy atom. The minimum Gasteiger partial charge on any atom is -0.396 e. The van der Waals surface area contributed by atoms with E-state index in [2.05, 4.69) is 4.90 Å². The molecule has 2 N–H and O–H groups in total. The molecule has 2 nitrogen and oxygen atoms in total. The predicted octanol–water partition coefficient (Wildman–Crippen LogP) is 2.78. The fourth-order valence-corrected chi connectivity index (χ4v) is 2.25. The number of halogens is 1. The van der Waals surface area contributed by atoms with Crippen LogP contribution in [0.2, 0.25) is 0 Å². The molecule has 0 aromatic heterocycles. The number of rotatable bonds is 2. The van der Waals surface area contributed by atoms with Crippen LogP contribution in [0, 0.1) is 5.82 Å². The van der Waals surface area contributed by atoms with E-state index in [-0.39, 0.29) is 5.82 Å². The third-order valence-electron chi connectivity index (χ3n) is 3.24. The topological polar surface area (TPSA) is 29.3 Å². The lowest BCUT2D eigenvalue weighted by Gasteiger charge is -2.20. The Morgan fingerprint density at radius 1 is 1.12 bits per heavy atom. The number of nitrogen functional groups attached to an aromatic ring is 1. The molecule has 0 radical (unpaired) electrons. The maximum Gasteiger partial charge on any atom is 0.146 e. The summed E-state index contributed by atoms with van der Waals surface area (Å²) in [5.74, 6) is -0.299. The highest BCUT2D eigenvalue weighted by atomic mass is 19.1. The fourth-order valence-electron chi connectivity index (χ4n) is 2.25. The van der Waals surface area contributed by atoms with Crippen molar-refractivity contribution in [1.29, 1.82) is 0 Å². The molecule has 0 bridgehead atoms. The molecule has 0 amide bonds. The zero-order valence-corrected chi connectivity index (χ0v) is 9.58. The van der Waals surface area contributed by atoms with Gasteiger partial charge in [-0.3, -0.25) is 4.90 Å². The number of hydrogen-bond acceptors (Lipinski definition) is 2. The molecule has 1 aromatic carbocycles. The molecular formula is C13H19FN2. The molecule has 0 unspecified atom stereocenters. The zero-order valence-electron chi connectivity index (χ0n) is 9.58. The molecule has 1 heterocycles. The van der Waals surface area contributed by atoms with E-state index in [1.165, 1.54) is 31.7 Å². The summed E-state index contributed by atoms with van der Waals surface area (Å²) in [6.45, 7) is 3.00. The van der Waals surface area contributed by atoms with E-state index in [1.54, 1.807) is 6.07 Å². The van der Waals surface area contributed by atoms with E-state index in [9.17, 15) is 4.39 Å². The van der Waals surface area contributed by atoms with Crippen LogP contribution in [0.1, 0.15) is 31.2 Å². The van der Waals surface area contributed by atoms with Crippen molar-refractivity contribution in [2.75, 3.05) is 18.8 Å². The van der Waals surface area contributed by atoms with E-state index in [4.69, 9.17) is 5.73 Å². The maximum atomic E-state index is 13.3. The van der Waals surface area contributed by atoms with Crippen molar-refractivity contribution >= 4 is 5.69 Å². The smallest absolute Gasteiger partial charge is 0.146 e. The summed E-state index contributed by atoms with van der Waals surface area (Å²) in [6, 6.07) is 5.07. The Kier molecular flexibility index (Phi) is 3.78. The average Bonchev–Trinajstić information content (AvgIpc) is 2.53. The van der Waals surface area contributed by atoms with Gasteiger partial charge in [0.25, 0.3) is 0 Å². The highest BCUT2D eigenvalue weighted by Crippen LogP contribution is 2.19. The number of nitrogens with two attached hydrogens (primary N) is 1. The molecule has 1 fully saturated rings. The molecular weight excluding hydrogens is 203 g/mol. The molecule has 88 valence electrons. The average molecular weight is 222 g/mol. The van der Waals surface area contributed by atoms with Crippen LogP contribution in [0.4, 0.5) is 10.1 Å². The number of nitrogens with zero attached hydrogens (tertiary/aromatic N) is 1. The third kappa shape index (κ3) is 2.73. The van der Waals surface area contributed by atoms with Gasteiger partial charge in [0.2, 0.25) is 0 Å². The van der Waals surface area contributed by atoms with E-state index in [0.717, 1.165) is 25.2 Å². The first-order chi connectivity index (χ1) is 7.77. The monoisotopic (exact) mass is 222 g/mol. The second-order valence-electron chi connectivity index (χ2n) is 4.50. The minimum absolute atomic E-state index is 0.299. The summed E-state index contributed by atoms with van der Waals surface area (Å²) >= 11 is 0. The van der Waals surface area contributed by atoms with Crippen LogP contribution in [0.15, 0.2) is 18.2 Å². The summed E-state index contributed by atoms with van der Waals surface area (Å²) in [5, 5.41) is 0. The van der Waals surface area contributed by atoms with Crippen LogP contribution in [-0.2, 0) is 6.54 Å². The van der Waals surface area contributed by atoms with Crippen LogP contribution in [0.5, 0.6) is 0 Å². The maximum absolute atomic E-state index is 13.3. The van der Waals surface area contributed by atoms with Crippen molar-refractivity contribution in [1.82, 2.24) is 4.90 Å². The lowest BCUT2D eigenvalue weighted by molar-refractivity contribution is 0.277. The Morgan fingerprint density at radius 3 is 2.50 bits per heavy atom.